The van der Waals surface area contributed by atoms with Gasteiger partial charge in [-0.05, 0) is 67.8 Å². The Morgan fingerprint density at radius 2 is 1.70 bits per heavy atom. The van der Waals surface area contributed by atoms with Crippen LogP contribution in [0.5, 0.6) is 17.2 Å². The highest BCUT2D eigenvalue weighted by Gasteiger charge is 2.24. The summed E-state index contributed by atoms with van der Waals surface area (Å²) < 4.78 is 16.4. The number of carbonyl (C=O) groups excluding carboxylic acids is 2. The molecule has 1 heterocycles. The molecule has 0 spiro atoms. The van der Waals surface area contributed by atoms with Crippen LogP contribution in [-0.4, -0.2) is 56.3 Å². The van der Waals surface area contributed by atoms with Crippen molar-refractivity contribution in [1.29, 1.82) is 0 Å². The molecule has 0 fully saturated rings. The zero-order chi connectivity index (χ0) is 26.5. The number of hydrogen-bond donors (Lipinski definition) is 3. The van der Waals surface area contributed by atoms with Gasteiger partial charge in [-0.1, -0.05) is 25.8 Å². The number of ketones is 1. The molecule has 0 aliphatic carbocycles. The van der Waals surface area contributed by atoms with Gasteiger partial charge in [0.05, 0.1) is 13.2 Å². The number of rotatable bonds is 16. The van der Waals surface area contributed by atoms with Crippen LogP contribution in [0.25, 0.3) is 0 Å². The van der Waals surface area contributed by atoms with E-state index >= 15 is 0 Å². The number of hydrogen-bond acceptors (Lipinski definition) is 7. The molecule has 0 saturated carbocycles. The van der Waals surface area contributed by atoms with E-state index in [1.807, 2.05) is 6.07 Å². The maximum atomic E-state index is 12.7. The second-order valence-electron chi connectivity index (χ2n) is 9.29. The van der Waals surface area contributed by atoms with E-state index in [0.717, 1.165) is 38.0 Å². The largest absolute Gasteiger partial charge is 0.497 e. The Hall–Kier alpha value is -3.10. The normalized spacial score (nSPS) is 14.0. The summed E-state index contributed by atoms with van der Waals surface area (Å²) in [6.07, 6.45) is 4.16. The highest BCUT2D eigenvalue weighted by atomic mass is 16.6. The van der Waals surface area contributed by atoms with Crippen molar-refractivity contribution in [2.45, 2.75) is 64.0 Å². The molecule has 2 aromatic carbocycles. The van der Waals surface area contributed by atoms with E-state index in [4.69, 9.17) is 14.2 Å². The highest BCUT2D eigenvalue weighted by Crippen LogP contribution is 2.33. The van der Waals surface area contributed by atoms with Gasteiger partial charge in [0.1, 0.15) is 25.1 Å². The quantitative estimate of drug-likeness (QED) is 0.229. The van der Waals surface area contributed by atoms with Crippen molar-refractivity contribution in [2.75, 3.05) is 33.4 Å². The maximum Gasteiger partial charge on any atom is 0.220 e. The van der Waals surface area contributed by atoms with Crippen LogP contribution in [0.15, 0.2) is 42.5 Å². The Labute approximate surface area is 219 Å². The monoisotopic (exact) mass is 512 g/mol. The Bertz CT molecular complexity index is 994. The predicted molar refractivity (Wildman–Crippen MR) is 143 cm³/mol. The molecule has 2 aromatic rings. The van der Waals surface area contributed by atoms with E-state index in [2.05, 4.69) is 17.6 Å². The summed E-state index contributed by atoms with van der Waals surface area (Å²) in [5, 5.41) is 17.4. The van der Waals surface area contributed by atoms with Crippen molar-refractivity contribution in [3.05, 3.63) is 53.6 Å². The number of unbranched alkanes of at least 4 members (excludes halogenated alkanes) is 3. The van der Waals surface area contributed by atoms with Crippen molar-refractivity contribution >= 4 is 11.7 Å². The van der Waals surface area contributed by atoms with Crippen LogP contribution in [0.3, 0.4) is 0 Å². The Balaban J connectivity index is 1.46. The first-order valence-electron chi connectivity index (χ1n) is 13.3. The van der Waals surface area contributed by atoms with Crippen LogP contribution in [0.4, 0.5) is 0 Å². The van der Waals surface area contributed by atoms with Crippen molar-refractivity contribution in [3.8, 4) is 17.2 Å². The van der Waals surface area contributed by atoms with E-state index in [9.17, 15) is 14.7 Å². The number of ether oxygens (including phenoxy) is 3. The van der Waals surface area contributed by atoms with Crippen LogP contribution >= 0.6 is 0 Å². The molecule has 0 aromatic heterocycles. The summed E-state index contributed by atoms with van der Waals surface area (Å²) in [7, 11) is 1.59. The second-order valence-corrected chi connectivity index (χ2v) is 9.29. The molecule has 8 heteroatoms. The molecule has 202 valence electrons. The molecule has 0 bridgehead atoms. The average molecular weight is 513 g/mol. The van der Waals surface area contributed by atoms with E-state index in [1.54, 1.807) is 43.5 Å². The molecular weight excluding hydrogens is 472 g/mol. The fraction of sp³-hybridized carbons (Fsp3) is 0.517. The van der Waals surface area contributed by atoms with Gasteiger partial charge in [-0.25, -0.2) is 0 Å². The van der Waals surface area contributed by atoms with Crippen LogP contribution in [-0.2, 0) is 4.79 Å². The lowest BCUT2D eigenvalue weighted by atomic mass is 10.0. The molecule has 2 atom stereocenters. The minimum Gasteiger partial charge on any atom is -0.497 e. The maximum absolute atomic E-state index is 12.7. The molecule has 0 radical (unpaired) electrons. The van der Waals surface area contributed by atoms with Crippen molar-refractivity contribution in [1.82, 2.24) is 10.6 Å². The standard InChI is InChI=1S/C29H40N2O6/c1-3-4-16-30-20-24(29(34)22-12-15-26-27(19-22)37-18-17-36-26)31-28(33)9-7-5-6-8-25(32)21-10-13-23(35-2)14-11-21/h10-15,19,24,29-30,34H,3-9,16-18,20H2,1-2H3,(H,31,33)/t24-,29?/m1/s1. The van der Waals surface area contributed by atoms with E-state index < -0.39 is 12.1 Å². The summed E-state index contributed by atoms with van der Waals surface area (Å²) >= 11 is 0. The number of carbonyl (C=O) groups is 2. The number of nitrogens with one attached hydrogen (secondary N) is 2. The Morgan fingerprint density at radius 3 is 2.43 bits per heavy atom. The highest BCUT2D eigenvalue weighted by molar-refractivity contribution is 5.96. The first-order valence-corrected chi connectivity index (χ1v) is 13.3. The summed E-state index contributed by atoms with van der Waals surface area (Å²) in [5.41, 5.74) is 1.34. The van der Waals surface area contributed by atoms with Gasteiger partial charge < -0.3 is 30.0 Å². The number of amides is 1. The van der Waals surface area contributed by atoms with Crippen LogP contribution in [0, 0.1) is 0 Å². The second kappa shape index (κ2) is 15.2. The fourth-order valence-corrected chi connectivity index (χ4v) is 4.23. The number of aliphatic hydroxyl groups is 1. The molecule has 37 heavy (non-hydrogen) atoms. The van der Waals surface area contributed by atoms with E-state index in [-0.39, 0.29) is 11.7 Å². The lowest BCUT2D eigenvalue weighted by molar-refractivity contribution is -0.122. The van der Waals surface area contributed by atoms with Crippen LogP contribution in [0.1, 0.15) is 73.9 Å². The minimum atomic E-state index is -0.893. The first-order chi connectivity index (χ1) is 18.0. The number of methoxy groups -OCH3 is 1. The van der Waals surface area contributed by atoms with Gasteiger partial charge in [-0.2, -0.15) is 0 Å². The lowest BCUT2D eigenvalue weighted by Crippen LogP contribution is -2.46. The smallest absolute Gasteiger partial charge is 0.220 e. The molecule has 0 saturated heterocycles. The van der Waals surface area contributed by atoms with Crippen LogP contribution in [0.2, 0.25) is 0 Å². The minimum absolute atomic E-state index is 0.0906. The molecule has 8 nitrogen and oxygen atoms in total. The summed E-state index contributed by atoms with van der Waals surface area (Å²) in [6.45, 7) is 4.37. The van der Waals surface area contributed by atoms with Gasteiger partial charge in [-0.3, -0.25) is 9.59 Å². The molecule has 1 aliphatic rings. The van der Waals surface area contributed by atoms with Gasteiger partial charge in [0.15, 0.2) is 17.3 Å². The van der Waals surface area contributed by atoms with Crippen molar-refractivity contribution in [2.24, 2.45) is 0 Å². The first kappa shape index (κ1) is 28.5. The summed E-state index contributed by atoms with van der Waals surface area (Å²) in [6, 6.07) is 12.0. The molecule has 1 amide bonds. The van der Waals surface area contributed by atoms with Gasteiger partial charge in [0, 0.05) is 24.9 Å². The van der Waals surface area contributed by atoms with Gasteiger partial charge >= 0.3 is 0 Å². The zero-order valence-electron chi connectivity index (χ0n) is 22.0. The SMILES string of the molecule is CCCCNC[C@@H](NC(=O)CCCCCC(=O)c1ccc(OC)cc1)C(O)c1ccc2c(c1)OCCO2. The Morgan fingerprint density at radius 1 is 0.973 bits per heavy atom. The topological polar surface area (TPSA) is 106 Å². The van der Waals surface area contributed by atoms with Crippen molar-refractivity contribution in [3.63, 3.8) is 0 Å². The van der Waals surface area contributed by atoms with E-state index in [1.165, 1.54) is 0 Å². The fourth-order valence-electron chi connectivity index (χ4n) is 4.23. The third-order valence-corrected chi connectivity index (χ3v) is 6.43. The van der Waals surface area contributed by atoms with Crippen molar-refractivity contribution < 1.29 is 28.9 Å². The van der Waals surface area contributed by atoms with E-state index in [0.29, 0.717) is 61.6 Å². The predicted octanol–water partition coefficient (Wildman–Crippen LogP) is 4.21. The third kappa shape index (κ3) is 9.05. The van der Waals surface area contributed by atoms with Gasteiger partial charge in [0.25, 0.3) is 0 Å². The number of fused-ring (bicyclic) bond motifs is 1. The van der Waals surface area contributed by atoms with Crippen LogP contribution < -0.4 is 24.8 Å². The Kier molecular flexibility index (Phi) is 11.7. The zero-order valence-corrected chi connectivity index (χ0v) is 22.0. The molecule has 1 aliphatic heterocycles. The number of benzene rings is 2. The number of Topliss-reactive ketones (excluding diaryl/α,β-unsaturated/α-hetero) is 1. The van der Waals surface area contributed by atoms with Gasteiger partial charge in [0.2, 0.25) is 5.91 Å². The number of aliphatic hydroxyl groups excluding tert-OH is 1. The molecule has 3 N–H and O–H groups in total. The molecule has 3 rings (SSSR count). The lowest BCUT2D eigenvalue weighted by Gasteiger charge is -2.26. The summed E-state index contributed by atoms with van der Waals surface area (Å²) in [4.78, 5) is 25.1. The third-order valence-electron chi connectivity index (χ3n) is 6.43. The molecule has 1 unspecified atom stereocenters. The van der Waals surface area contributed by atoms with Gasteiger partial charge in [-0.15, -0.1) is 0 Å². The molecular formula is C29H40N2O6. The summed E-state index contributed by atoms with van der Waals surface area (Å²) in [5.74, 6) is 1.97. The average Bonchev–Trinajstić information content (AvgIpc) is 2.93.